The second kappa shape index (κ2) is 13.1. The van der Waals surface area contributed by atoms with Crippen LogP contribution in [0.15, 0.2) is 200 Å². The Morgan fingerprint density at radius 2 is 0.709 bits per heavy atom. The minimum atomic E-state index is 1.12. The van der Waals surface area contributed by atoms with E-state index in [1.165, 1.54) is 90.2 Å². The quantitative estimate of drug-likeness (QED) is 0.164. The van der Waals surface area contributed by atoms with E-state index >= 15 is 0 Å². The summed E-state index contributed by atoms with van der Waals surface area (Å²) >= 11 is 3.84. The number of hydrogen-bond acceptors (Lipinski definition) is 3. The molecule has 258 valence electrons. The van der Waals surface area contributed by atoms with E-state index in [-0.39, 0.29) is 0 Å². The fraction of sp³-hybridized carbons (Fsp3) is 0. The molecule has 0 radical (unpaired) electrons. The van der Waals surface area contributed by atoms with Gasteiger partial charge in [0.15, 0.2) is 0 Å². The maximum Gasteiger partial charge on any atom is 0.0555 e. The lowest BCUT2D eigenvalue weighted by molar-refractivity contribution is 1.30. The molecule has 0 saturated carbocycles. The largest absolute Gasteiger partial charge is 0.310 e. The van der Waals surface area contributed by atoms with Gasteiger partial charge in [0, 0.05) is 57.1 Å². The molecule has 2 aromatic heterocycles. The second-order valence-electron chi connectivity index (χ2n) is 14.0. The molecule has 0 bridgehead atoms. The zero-order valence-electron chi connectivity index (χ0n) is 29.8. The average molecular weight is 736 g/mol. The van der Waals surface area contributed by atoms with Gasteiger partial charge in [-0.2, -0.15) is 0 Å². The molecule has 11 aromatic rings. The van der Waals surface area contributed by atoms with E-state index in [4.69, 9.17) is 0 Å². The van der Waals surface area contributed by atoms with Crippen molar-refractivity contribution in [3.05, 3.63) is 200 Å². The Kier molecular flexibility index (Phi) is 7.61. The third kappa shape index (κ3) is 5.35. The van der Waals surface area contributed by atoms with Crippen LogP contribution in [0.2, 0.25) is 0 Å². The predicted molar refractivity (Wildman–Crippen MR) is 241 cm³/mol. The van der Waals surface area contributed by atoms with Crippen LogP contribution in [0, 0.1) is 0 Å². The normalized spacial score (nSPS) is 11.6. The molecule has 3 heteroatoms. The van der Waals surface area contributed by atoms with Gasteiger partial charge in [0.2, 0.25) is 0 Å². The van der Waals surface area contributed by atoms with E-state index in [2.05, 4.69) is 205 Å². The van der Waals surface area contributed by atoms with E-state index < -0.39 is 0 Å². The zero-order chi connectivity index (χ0) is 36.3. The van der Waals surface area contributed by atoms with Crippen LogP contribution in [0.1, 0.15) is 0 Å². The molecular weight excluding hydrogens is 703 g/mol. The highest BCUT2D eigenvalue weighted by molar-refractivity contribution is 7.30. The highest BCUT2D eigenvalue weighted by atomic mass is 32.1. The molecular formula is C52H33NS2. The number of nitrogens with zero attached hydrogens (tertiary/aromatic N) is 1. The SMILES string of the molecule is c1ccc(-c2ccc(-c3ccc(N(c4ccc(-c5ccccc5)cc4)c4cccc5sc6c7ccccc7c7c8ccccc8sc7c6c45)cc3)cc2)cc1. The number of thiophene rings is 2. The van der Waals surface area contributed by atoms with Crippen molar-refractivity contribution in [3.8, 4) is 33.4 Å². The van der Waals surface area contributed by atoms with Crippen molar-refractivity contribution in [1.29, 1.82) is 0 Å². The van der Waals surface area contributed by atoms with Gasteiger partial charge in [0.05, 0.1) is 5.69 Å². The van der Waals surface area contributed by atoms with E-state index in [0.29, 0.717) is 0 Å². The zero-order valence-corrected chi connectivity index (χ0v) is 31.4. The van der Waals surface area contributed by atoms with E-state index in [1.807, 2.05) is 22.7 Å². The van der Waals surface area contributed by atoms with Crippen molar-refractivity contribution < 1.29 is 0 Å². The molecule has 0 aliphatic heterocycles. The highest BCUT2D eigenvalue weighted by Crippen LogP contribution is 2.52. The molecule has 9 aromatic carbocycles. The molecule has 0 amide bonds. The molecule has 0 fully saturated rings. The lowest BCUT2D eigenvalue weighted by Gasteiger charge is -2.27. The summed E-state index contributed by atoms with van der Waals surface area (Å²) in [4.78, 5) is 2.46. The number of hydrogen-bond donors (Lipinski definition) is 0. The summed E-state index contributed by atoms with van der Waals surface area (Å²) in [5.41, 5.74) is 10.7. The molecule has 0 N–H and O–H groups in total. The number of benzene rings is 9. The van der Waals surface area contributed by atoms with Crippen molar-refractivity contribution in [2.75, 3.05) is 4.90 Å². The van der Waals surface area contributed by atoms with Crippen molar-refractivity contribution in [2.24, 2.45) is 0 Å². The fourth-order valence-electron chi connectivity index (χ4n) is 8.26. The molecule has 0 aliphatic carbocycles. The Balaban J connectivity index is 1.12. The minimum absolute atomic E-state index is 1.12. The molecule has 0 saturated heterocycles. The lowest BCUT2D eigenvalue weighted by atomic mass is 9.98. The van der Waals surface area contributed by atoms with Crippen LogP contribution in [0.3, 0.4) is 0 Å². The summed E-state index contributed by atoms with van der Waals surface area (Å²) in [6.45, 7) is 0. The third-order valence-corrected chi connectivity index (χ3v) is 13.3. The Morgan fingerprint density at radius 3 is 1.29 bits per heavy atom. The van der Waals surface area contributed by atoms with Crippen LogP contribution in [0.5, 0.6) is 0 Å². The summed E-state index contributed by atoms with van der Waals surface area (Å²) < 4.78 is 5.34. The first-order chi connectivity index (χ1) is 27.3. The van der Waals surface area contributed by atoms with Gasteiger partial charge in [-0.25, -0.2) is 0 Å². The standard InChI is InChI=1S/C52H33NS2/c1-3-12-34(13-4-1)36-22-24-37(25-23-36)39-28-32-41(33-29-39)53(40-30-26-38(27-31-40)35-14-5-2-6-15-35)45-19-11-21-47-49(45)50-51(55-47)43-17-8-7-16-42(43)48-44-18-9-10-20-46(44)54-52(48)50/h1-33H. The molecule has 0 spiro atoms. The smallest absolute Gasteiger partial charge is 0.0555 e. The Hall–Kier alpha value is -6.52. The molecule has 11 rings (SSSR count). The minimum Gasteiger partial charge on any atom is -0.310 e. The monoisotopic (exact) mass is 735 g/mol. The van der Waals surface area contributed by atoms with E-state index in [0.717, 1.165) is 11.4 Å². The summed E-state index contributed by atoms with van der Waals surface area (Å²) in [5.74, 6) is 0. The maximum absolute atomic E-state index is 2.46. The number of fused-ring (bicyclic) bond motifs is 10. The van der Waals surface area contributed by atoms with Crippen LogP contribution in [-0.4, -0.2) is 0 Å². The Morgan fingerprint density at radius 1 is 0.273 bits per heavy atom. The molecule has 2 heterocycles. The van der Waals surface area contributed by atoms with Crippen LogP contribution in [-0.2, 0) is 0 Å². The Labute approximate surface area is 327 Å². The van der Waals surface area contributed by atoms with Gasteiger partial charge in [0.25, 0.3) is 0 Å². The Bertz CT molecular complexity index is 3160. The molecule has 1 nitrogen and oxygen atoms in total. The molecule has 0 atom stereocenters. The van der Waals surface area contributed by atoms with Crippen molar-refractivity contribution in [1.82, 2.24) is 0 Å². The molecule has 0 aliphatic rings. The first kappa shape index (κ1) is 32.0. The van der Waals surface area contributed by atoms with Crippen molar-refractivity contribution >= 4 is 90.9 Å². The van der Waals surface area contributed by atoms with Crippen LogP contribution < -0.4 is 4.90 Å². The lowest BCUT2D eigenvalue weighted by Crippen LogP contribution is -2.10. The van der Waals surface area contributed by atoms with Gasteiger partial charge in [-0.1, -0.05) is 158 Å². The summed E-state index contributed by atoms with van der Waals surface area (Å²) in [6.07, 6.45) is 0. The molecule has 0 unspecified atom stereocenters. The van der Waals surface area contributed by atoms with E-state index in [9.17, 15) is 0 Å². The van der Waals surface area contributed by atoms with E-state index in [1.54, 1.807) is 0 Å². The highest BCUT2D eigenvalue weighted by Gasteiger charge is 2.23. The number of rotatable bonds is 6. The summed E-state index contributed by atoms with van der Waals surface area (Å²) in [5, 5.41) is 8.00. The van der Waals surface area contributed by atoms with Crippen LogP contribution >= 0.6 is 22.7 Å². The van der Waals surface area contributed by atoms with Crippen molar-refractivity contribution in [3.63, 3.8) is 0 Å². The third-order valence-electron chi connectivity index (χ3n) is 10.9. The topological polar surface area (TPSA) is 3.24 Å². The average Bonchev–Trinajstić information content (AvgIpc) is 3.85. The van der Waals surface area contributed by atoms with Crippen LogP contribution in [0.25, 0.3) is 84.5 Å². The van der Waals surface area contributed by atoms with Gasteiger partial charge in [0.1, 0.15) is 0 Å². The fourth-order valence-corrected chi connectivity index (χ4v) is 10.9. The summed E-state index contributed by atoms with van der Waals surface area (Å²) in [6, 6.07) is 73.0. The van der Waals surface area contributed by atoms with Crippen LogP contribution in [0.4, 0.5) is 17.1 Å². The first-order valence-corrected chi connectivity index (χ1v) is 20.3. The van der Waals surface area contributed by atoms with Gasteiger partial charge < -0.3 is 4.90 Å². The maximum atomic E-state index is 2.46. The van der Waals surface area contributed by atoms with Gasteiger partial charge in [-0.05, 0) is 81.2 Å². The van der Waals surface area contributed by atoms with Gasteiger partial charge >= 0.3 is 0 Å². The second-order valence-corrected chi connectivity index (χ2v) is 16.1. The molecule has 55 heavy (non-hydrogen) atoms. The van der Waals surface area contributed by atoms with Gasteiger partial charge in [-0.3, -0.25) is 0 Å². The predicted octanol–water partition coefficient (Wildman–Crippen LogP) is 16.0. The van der Waals surface area contributed by atoms with Gasteiger partial charge in [-0.15, -0.1) is 22.7 Å². The van der Waals surface area contributed by atoms with Crippen molar-refractivity contribution in [2.45, 2.75) is 0 Å². The first-order valence-electron chi connectivity index (χ1n) is 18.7. The summed E-state index contributed by atoms with van der Waals surface area (Å²) in [7, 11) is 0. The number of anilines is 3.